The van der Waals surface area contributed by atoms with Crippen molar-refractivity contribution in [2.24, 2.45) is 23.5 Å². The third-order valence-corrected chi connectivity index (χ3v) is 6.08. The maximum absolute atomic E-state index is 10.8. The van der Waals surface area contributed by atoms with Gasteiger partial charge >= 0.3 is 0 Å². The number of benzene rings is 1. The lowest BCUT2D eigenvalue weighted by molar-refractivity contribution is -0.0253. The molecule has 3 aliphatic rings. The van der Waals surface area contributed by atoms with Crippen LogP contribution in [-0.2, 0) is 5.54 Å². The minimum absolute atomic E-state index is 0.217. The Balaban J connectivity index is 1.78. The molecule has 1 aromatic carbocycles. The van der Waals surface area contributed by atoms with Gasteiger partial charge < -0.3 is 10.8 Å². The SMILES string of the molecule is NC1(c2ccccc2)CCC2(O)CC3CC(C2)C1C3. The van der Waals surface area contributed by atoms with Crippen molar-refractivity contribution >= 4 is 0 Å². The number of aliphatic hydroxyl groups is 1. The molecule has 0 saturated heterocycles. The second-order valence-electron chi connectivity index (χ2n) is 7.24. The minimum Gasteiger partial charge on any atom is -0.390 e. The molecule has 3 fully saturated rings. The summed E-state index contributed by atoms with van der Waals surface area (Å²) in [4.78, 5) is 0. The summed E-state index contributed by atoms with van der Waals surface area (Å²) in [6, 6.07) is 10.6. The topological polar surface area (TPSA) is 46.2 Å². The van der Waals surface area contributed by atoms with E-state index in [0.717, 1.165) is 25.7 Å². The summed E-state index contributed by atoms with van der Waals surface area (Å²) in [6.45, 7) is 0. The number of hydrogen-bond acceptors (Lipinski definition) is 2. The molecule has 0 aromatic heterocycles. The van der Waals surface area contributed by atoms with E-state index in [1.54, 1.807) is 0 Å². The highest BCUT2D eigenvalue weighted by Crippen LogP contribution is 2.59. The summed E-state index contributed by atoms with van der Waals surface area (Å²) in [6.07, 6.45) is 6.32. The summed E-state index contributed by atoms with van der Waals surface area (Å²) in [5.41, 5.74) is 7.54. The Labute approximate surface area is 115 Å². The lowest BCUT2D eigenvalue weighted by Gasteiger charge is -2.38. The van der Waals surface area contributed by atoms with E-state index in [-0.39, 0.29) is 5.54 Å². The summed E-state index contributed by atoms with van der Waals surface area (Å²) in [5, 5.41) is 10.8. The average Bonchev–Trinajstić information content (AvgIpc) is 2.70. The van der Waals surface area contributed by atoms with E-state index in [9.17, 15) is 5.11 Å². The molecule has 5 atom stereocenters. The maximum atomic E-state index is 10.8. The van der Waals surface area contributed by atoms with Gasteiger partial charge in [-0.05, 0) is 61.8 Å². The molecule has 3 saturated carbocycles. The van der Waals surface area contributed by atoms with Crippen LogP contribution in [0.25, 0.3) is 0 Å². The summed E-state index contributed by atoms with van der Waals surface area (Å²) >= 11 is 0. The van der Waals surface area contributed by atoms with Gasteiger partial charge in [-0.3, -0.25) is 0 Å². The molecule has 0 radical (unpaired) electrons. The molecule has 0 amide bonds. The first-order chi connectivity index (χ1) is 9.09. The molecule has 2 heteroatoms. The molecular formula is C17H23NO. The second-order valence-corrected chi connectivity index (χ2v) is 7.24. The number of fused-ring (bicyclic) bond motifs is 2. The molecule has 19 heavy (non-hydrogen) atoms. The molecule has 4 rings (SSSR count). The van der Waals surface area contributed by atoms with Gasteiger partial charge in [-0.1, -0.05) is 30.3 Å². The Bertz CT molecular complexity index is 487. The lowest BCUT2D eigenvalue weighted by atomic mass is 9.72. The molecule has 102 valence electrons. The van der Waals surface area contributed by atoms with E-state index in [1.165, 1.54) is 18.4 Å². The van der Waals surface area contributed by atoms with Crippen LogP contribution >= 0.6 is 0 Å². The van der Waals surface area contributed by atoms with Crippen molar-refractivity contribution < 1.29 is 5.11 Å². The first-order valence-corrected chi connectivity index (χ1v) is 7.66. The predicted molar refractivity (Wildman–Crippen MR) is 75.4 cm³/mol. The smallest absolute Gasteiger partial charge is 0.0654 e. The zero-order valence-electron chi connectivity index (χ0n) is 11.4. The summed E-state index contributed by atoms with van der Waals surface area (Å²) in [7, 11) is 0. The lowest BCUT2D eigenvalue weighted by Crippen LogP contribution is -2.45. The van der Waals surface area contributed by atoms with E-state index < -0.39 is 5.60 Å². The van der Waals surface area contributed by atoms with Crippen molar-refractivity contribution in [3.63, 3.8) is 0 Å². The fourth-order valence-electron chi connectivity index (χ4n) is 5.31. The van der Waals surface area contributed by atoms with Gasteiger partial charge in [0, 0.05) is 5.54 Å². The molecule has 3 N–H and O–H groups in total. The maximum Gasteiger partial charge on any atom is 0.0654 e. The number of rotatable bonds is 1. The van der Waals surface area contributed by atoms with Crippen LogP contribution in [0, 0.1) is 17.8 Å². The van der Waals surface area contributed by atoms with Gasteiger partial charge in [-0.2, -0.15) is 0 Å². The van der Waals surface area contributed by atoms with Crippen LogP contribution in [0.3, 0.4) is 0 Å². The number of nitrogens with two attached hydrogens (primary N) is 1. The van der Waals surface area contributed by atoms with Gasteiger partial charge in [0.05, 0.1) is 5.60 Å². The normalized spacial score (nSPS) is 48.2. The molecule has 1 aromatic rings. The Hall–Kier alpha value is -0.860. The fourth-order valence-corrected chi connectivity index (χ4v) is 5.31. The predicted octanol–water partition coefficient (Wildman–Crippen LogP) is 2.80. The Morgan fingerprint density at radius 3 is 2.63 bits per heavy atom. The van der Waals surface area contributed by atoms with E-state index in [2.05, 4.69) is 30.3 Å². The van der Waals surface area contributed by atoms with E-state index in [0.29, 0.717) is 17.8 Å². The van der Waals surface area contributed by atoms with E-state index >= 15 is 0 Å². The Morgan fingerprint density at radius 1 is 1.05 bits per heavy atom. The third-order valence-electron chi connectivity index (χ3n) is 6.08. The van der Waals surface area contributed by atoms with Crippen molar-refractivity contribution in [1.82, 2.24) is 0 Å². The molecule has 3 aliphatic carbocycles. The zero-order valence-corrected chi connectivity index (χ0v) is 11.4. The first-order valence-electron chi connectivity index (χ1n) is 7.66. The molecular weight excluding hydrogens is 234 g/mol. The summed E-state index contributed by atoms with van der Waals surface area (Å²) < 4.78 is 0. The van der Waals surface area contributed by atoms with Crippen LogP contribution < -0.4 is 5.73 Å². The van der Waals surface area contributed by atoms with Crippen molar-refractivity contribution in [2.75, 3.05) is 0 Å². The highest BCUT2D eigenvalue weighted by Gasteiger charge is 2.56. The standard InChI is InChI=1S/C17H23NO/c18-17(14-4-2-1-3-5-14)7-6-16(19)10-12-8-13(11-16)15(17)9-12/h1-5,12-13,15,19H,6-11,18H2. The van der Waals surface area contributed by atoms with Crippen LogP contribution in [0.4, 0.5) is 0 Å². The van der Waals surface area contributed by atoms with Gasteiger partial charge in [0.25, 0.3) is 0 Å². The van der Waals surface area contributed by atoms with Crippen molar-refractivity contribution in [3.8, 4) is 0 Å². The summed E-state index contributed by atoms with van der Waals surface area (Å²) in [5.74, 6) is 1.91. The van der Waals surface area contributed by atoms with Crippen LogP contribution in [0.1, 0.15) is 44.1 Å². The van der Waals surface area contributed by atoms with Gasteiger partial charge in [0.1, 0.15) is 0 Å². The van der Waals surface area contributed by atoms with Crippen LogP contribution in [0.5, 0.6) is 0 Å². The van der Waals surface area contributed by atoms with Crippen molar-refractivity contribution in [2.45, 2.75) is 49.7 Å². The van der Waals surface area contributed by atoms with Crippen molar-refractivity contribution in [1.29, 1.82) is 0 Å². The molecule has 0 aliphatic heterocycles. The fraction of sp³-hybridized carbons (Fsp3) is 0.647. The van der Waals surface area contributed by atoms with E-state index in [4.69, 9.17) is 5.73 Å². The van der Waals surface area contributed by atoms with Gasteiger partial charge in [-0.15, -0.1) is 0 Å². The van der Waals surface area contributed by atoms with Crippen LogP contribution in [-0.4, -0.2) is 10.7 Å². The zero-order chi connectivity index (χ0) is 13.1. The highest BCUT2D eigenvalue weighted by molar-refractivity contribution is 5.27. The molecule has 0 heterocycles. The first kappa shape index (κ1) is 11.9. The minimum atomic E-state index is -0.418. The van der Waals surface area contributed by atoms with Crippen molar-refractivity contribution in [3.05, 3.63) is 35.9 Å². The third kappa shape index (κ3) is 1.70. The van der Waals surface area contributed by atoms with Crippen LogP contribution in [0.2, 0.25) is 0 Å². The largest absolute Gasteiger partial charge is 0.390 e. The second kappa shape index (κ2) is 3.83. The van der Waals surface area contributed by atoms with Gasteiger partial charge in [-0.25, -0.2) is 0 Å². The Kier molecular flexibility index (Phi) is 2.40. The van der Waals surface area contributed by atoms with E-state index in [1.807, 2.05) is 0 Å². The molecule has 5 unspecified atom stereocenters. The quantitative estimate of drug-likeness (QED) is 0.812. The molecule has 2 nitrogen and oxygen atoms in total. The van der Waals surface area contributed by atoms with Gasteiger partial charge in [0.15, 0.2) is 0 Å². The van der Waals surface area contributed by atoms with Gasteiger partial charge in [0.2, 0.25) is 0 Å². The average molecular weight is 257 g/mol. The highest BCUT2D eigenvalue weighted by atomic mass is 16.3. The van der Waals surface area contributed by atoms with Crippen LogP contribution in [0.15, 0.2) is 30.3 Å². The monoisotopic (exact) mass is 257 g/mol. The number of hydrogen-bond donors (Lipinski definition) is 2. The molecule has 0 spiro atoms. The Morgan fingerprint density at radius 2 is 1.84 bits per heavy atom. The molecule has 3 bridgehead atoms.